The minimum absolute atomic E-state index is 0.290. The van der Waals surface area contributed by atoms with Crippen LogP contribution in [0.5, 0.6) is 5.75 Å². The summed E-state index contributed by atoms with van der Waals surface area (Å²) in [5.41, 5.74) is 0.830. The smallest absolute Gasteiger partial charge is 0.175 e. The van der Waals surface area contributed by atoms with Gasteiger partial charge in [-0.25, -0.2) is 8.42 Å². The van der Waals surface area contributed by atoms with Gasteiger partial charge in [-0.1, -0.05) is 23.7 Å². The van der Waals surface area contributed by atoms with Gasteiger partial charge in [0.1, 0.15) is 5.75 Å². The number of aliphatic hydroxyl groups excluding tert-OH is 1. The van der Waals surface area contributed by atoms with Crippen LogP contribution in [0.1, 0.15) is 24.5 Å². The average Bonchev–Trinajstić information content (AvgIpc) is 2.66. The molecule has 1 aliphatic rings. The molecule has 2 aromatic carbocycles. The normalized spacial score (nSPS) is 19.3. The lowest BCUT2D eigenvalue weighted by Crippen LogP contribution is -2.39. The number of hydrogen-bond donors (Lipinski definition) is 1. The Balaban J connectivity index is 1.51. The summed E-state index contributed by atoms with van der Waals surface area (Å²) in [4.78, 5) is 2.55. The third-order valence-electron chi connectivity index (χ3n) is 5.01. The molecule has 3 rings (SSSR count). The van der Waals surface area contributed by atoms with Crippen LogP contribution in [0.3, 0.4) is 0 Å². The average molecular weight is 424 g/mol. The number of nitrogens with zero attached hydrogens (tertiary/aromatic N) is 1. The minimum atomic E-state index is -3.19. The van der Waals surface area contributed by atoms with Gasteiger partial charge in [-0.05, 0) is 61.3 Å². The Labute approximate surface area is 171 Å². The molecule has 0 amide bonds. The first-order valence-electron chi connectivity index (χ1n) is 9.40. The Kier molecular flexibility index (Phi) is 6.99. The van der Waals surface area contributed by atoms with Crippen LogP contribution in [-0.4, -0.2) is 50.9 Å². The monoisotopic (exact) mass is 423 g/mol. The predicted molar refractivity (Wildman–Crippen MR) is 111 cm³/mol. The largest absolute Gasteiger partial charge is 0.493 e. The molecule has 1 saturated heterocycles. The molecule has 0 unspecified atom stereocenters. The zero-order valence-electron chi connectivity index (χ0n) is 15.9. The molecular formula is C21H26ClNO4S. The fourth-order valence-electron chi connectivity index (χ4n) is 3.51. The second kappa shape index (κ2) is 9.27. The molecule has 0 aliphatic carbocycles. The lowest BCUT2D eigenvalue weighted by atomic mass is 9.98. The maximum Gasteiger partial charge on any atom is 0.175 e. The number of aliphatic hydroxyl groups is 1. The Bertz CT molecular complexity index is 886. The second-order valence-electron chi connectivity index (χ2n) is 7.39. The van der Waals surface area contributed by atoms with Gasteiger partial charge < -0.3 is 14.7 Å². The Hall–Kier alpha value is -1.60. The Morgan fingerprint density at radius 2 is 2.00 bits per heavy atom. The van der Waals surface area contributed by atoms with Crippen molar-refractivity contribution >= 4 is 21.4 Å². The molecule has 1 heterocycles. The van der Waals surface area contributed by atoms with Crippen LogP contribution >= 0.6 is 11.6 Å². The van der Waals surface area contributed by atoms with Gasteiger partial charge in [-0.3, -0.25) is 0 Å². The summed E-state index contributed by atoms with van der Waals surface area (Å²) in [6, 6.07) is 13.9. The van der Waals surface area contributed by atoms with E-state index in [1.165, 1.54) is 6.26 Å². The van der Waals surface area contributed by atoms with Crippen LogP contribution in [0, 0.1) is 5.92 Å². The molecule has 0 spiro atoms. The molecule has 28 heavy (non-hydrogen) atoms. The molecule has 2 atom stereocenters. The standard InChI is InChI=1S/C21H26ClNO4S/c1-28(25,26)20-9-7-19(8-10-20)27-15-16-4-3-11-23(13-16)14-21(24)17-5-2-6-18(22)12-17/h2,5-10,12,16,21,24H,3-4,11,13-15H2,1H3/t16-,21+/m0/s1. The molecule has 7 heteroatoms. The number of hydrogen-bond acceptors (Lipinski definition) is 5. The van der Waals surface area contributed by atoms with E-state index in [-0.39, 0.29) is 0 Å². The van der Waals surface area contributed by atoms with Gasteiger partial charge in [0.05, 0.1) is 17.6 Å². The van der Waals surface area contributed by atoms with Crippen LogP contribution in [0.25, 0.3) is 0 Å². The van der Waals surface area contributed by atoms with Gasteiger partial charge >= 0.3 is 0 Å². The summed E-state index contributed by atoms with van der Waals surface area (Å²) in [6.45, 7) is 2.96. The summed E-state index contributed by atoms with van der Waals surface area (Å²) in [5, 5.41) is 11.1. The lowest BCUT2D eigenvalue weighted by molar-refractivity contribution is 0.0714. The third kappa shape index (κ3) is 5.95. The molecule has 0 radical (unpaired) electrons. The molecule has 2 aromatic rings. The SMILES string of the molecule is CS(=O)(=O)c1ccc(OC[C@H]2CCCN(C[C@@H](O)c3cccc(Cl)c3)C2)cc1. The van der Waals surface area contributed by atoms with E-state index in [1.807, 2.05) is 12.1 Å². The van der Waals surface area contributed by atoms with E-state index in [0.717, 1.165) is 31.5 Å². The summed E-state index contributed by atoms with van der Waals surface area (Å²) in [7, 11) is -3.19. The van der Waals surface area contributed by atoms with Gasteiger partial charge in [-0.2, -0.15) is 0 Å². The first kappa shape index (κ1) is 21.1. The molecule has 1 fully saturated rings. The highest BCUT2D eigenvalue weighted by atomic mass is 35.5. The summed E-state index contributed by atoms with van der Waals surface area (Å²) in [5.74, 6) is 1.04. The van der Waals surface area contributed by atoms with E-state index in [4.69, 9.17) is 16.3 Å². The van der Waals surface area contributed by atoms with Gasteiger partial charge in [0.25, 0.3) is 0 Å². The first-order valence-corrected chi connectivity index (χ1v) is 11.7. The van der Waals surface area contributed by atoms with Gasteiger partial charge in [0, 0.05) is 30.3 Å². The highest BCUT2D eigenvalue weighted by Crippen LogP contribution is 2.23. The number of piperidine rings is 1. The molecule has 152 valence electrons. The van der Waals surface area contributed by atoms with E-state index in [0.29, 0.717) is 34.7 Å². The summed E-state index contributed by atoms with van der Waals surface area (Å²) in [6.07, 6.45) is 2.76. The quantitative estimate of drug-likeness (QED) is 0.737. The van der Waals surface area contributed by atoms with Gasteiger partial charge in [0.2, 0.25) is 0 Å². The fourth-order valence-corrected chi connectivity index (χ4v) is 4.34. The van der Waals surface area contributed by atoms with Crippen LogP contribution in [-0.2, 0) is 9.84 Å². The minimum Gasteiger partial charge on any atom is -0.493 e. The molecule has 0 saturated carbocycles. The van der Waals surface area contributed by atoms with E-state index in [9.17, 15) is 13.5 Å². The van der Waals surface area contributed by atoms with Gasteiger partial charge in [-0.15, -0.1) is 0 Å². The van der Waals surface area contributed by atoms with E-state index in [1.54, 1.807) is 36.4 Å². The highest BCUT2D eigenvalue weighted by Gasteiger charge is 2.23. The van der Waals surface area contributed by atoms with E-state index < -0.39 is 15.9 Å². The first-order chi connectivity index (χ1) is 13.3. The maximum absolute atomic E-state index is 11.5. The van der Waals surface area contributed by atoms with Crippen LogP contribution < -0.4 is 4.74 Å². The Morgan fingerprint density at radius 3 is 2.68 bits per heavy atom. The third-order valence-corrected chi connectivity index (χ3v) is 6.37. The van der Waals surface area contributed by atoms with Crippen molar-refractivity contribution in [3.8, 4) is 5.75 Å². The Morgan fingerprint density at radius 1 is 1.25 bits per heavy atom. The van der Waals surface area contributed by atoms with Crippen molar-refractivity contribution < 1.29 is 18.3 Å². The summed E-state index contributed by atoms with van der Waals surface area (Å²) >= 11 is 6.01. The van der Waals surface area contributed by atoms with E-state index >= 15 is 0 Å². The van der Waals surface area contributed by atoms with Crippen LogP contribution in [0.2, 0.25) is 5.02 Å². The van der Waals surface area contributed by atoms with Crippen LogP contribution in [0.15, 0.2) is 53.4 Å². The van der Waals surface area contributed by atoms with Crippen molar-refractivity contribution in [1.82, 2.24) is 4.90 Å². The van der Waals surface area contributed by atoms with Crippen molar-refractivity contribution in [2.24, 2.45) is 5.92 Å². The van der Waals surface area contributed by atoms with Crippen molar-refractivity contribution in [2.45, 2.75) is 23.8 Å². The fraction of sp³-hybridized carbons (Fsp3) is 0.429. The van der Waals surface area contributed by atoms with Crippen molar-refractivity contribution in [1.29, 1.82) is 0 Å². The molecule has 0 bridgehead atoms. The molecule has 1 N–H and O–H groups in total. The molecule has 1 aliphatic heterocycles. The number of likely N-dealkylation sites (tertiary alicyclic amines) is 1. The zero-order chi connectivity index (χ0) is 20.1. The molecule has 5 nitrogen and oxygen atoms in total. The summed E-state index contributed by atoms with van der Waals surface area (Å²) < 4.78 is 28.9. The molecular weight excluding hydrogens is 398 g/mol. The lowest BCUT2D eigenvalue weighted by Gasteiger charge is -2.33. The number of benzene rings is 2. The highest BCUT2D eigenvalue weighted by molar-refractivity contribution is 7.90. The number of sulfone groups is 1. The number of ether oxygens (including phenoxy) is 1. The van der Waals surface area contributed by atoms with E-state index in [2.05, 4.69) is 4.90 Å². The molecule has 0 aromatic heterocycles. The maximum atomic E-state index is 11.5. The van der Waals surface area contributed by atoms with Crippen molar-refractivity contribution in [3.05, 3.63) is 59.1 Å². The van der Waals surface area contributed by atoms with Crippen LogP contribution in [0.4, 0.5) is 0 Å². The predicted octanol–water partition coefficient (Wildman–Crippen LogP) is 3.57. The number of halogens is 1. The van der Waals surface area contributed by atoms with Crippen molar-refractivity contribution in [3.63, 3.8) is 0 Å². The number of rotatable bonds is 7. The zero-order valence-corrected chi connectivity index (χ0v) is 17.5. The second-order valence-corrected chi connectivity index (χ2v) is 9.85. The van der Waals surface area contributed by atoms with Gasteiger partial charge in [0.15, 0.2) is 9.84 Å². The number of β-amino-alcohol motifs (C(OH)–C–C–N with tert-alkyl or cyclic N) is 1. The van der Waals surface area contributed by atoms with Crippen molar-refractivity contribution in [2.75, 3.05) is 32.5 Å². The topological polar surface area (TPSA) is 66.8 Å².